The van der Waals surface area contributed by atoms with Gasteiger partial charge in [0, 0.05) is 48.7 Å². The Morgan fingerprint density at radius 1 is 1.23 bits per heavy atom. The highest BCUT2D eigenvalue weighted by molar-refractivity contribution is 5.98. The number of imidazole rings is 1. The van der Waals surface area contributed by atoms with Crippen molar-refractivity contribution in [2.24, 2.45) is 21.9 Å². The molecular formula is C26H33F2N5O2. The van der Waals surface area contributed by atoms with Crippen molar-refractivity contribution in [3.8, 4) is 16.9 Å². The number of pyridine rings is 1. The Morgan fingerprint density at radius 3 is 2.57 bits per heavy atom. The van der Waals surface area contributed by atoms with Crippen LogP contribution in [0.25, 0.3) is 16.8 Å². The van der Waals surface area contributed by atoms with Crippen LogP contribution in [-0.4, -0.2) is 40.0 Å². The lowest BCUT2D eigenvalue weighted by atomic mass is 9.85. The number of aromatic nitrogens is 2. The molecule has 0 aliphatic carbocycles. The minimum absolute atomic E-state index is 0.00546. The molecule has 7 nitrogen and oxygen atoms in total. The molecule has 188 valence electrons. The lowest BCUT2D eigenvalue weighted by molar-refractivity contribution is 0.0926. The first-order chi connectivity index (χ1) is 16.5. The Bertz CT molecular complexity index is 1270. The van der Waals surface area contributed by atoms with Crippen LogP contribution in [0.4, 0.5) is 8.78 Å². The van der Waals surface area contributed by atoms with E-state index in [-0.39, 0.29) is 31.0 Å². The van der Waals surface area contributed by atoms with Crippen LogP contribution >= 0.6 is 0 Å². The van der Waals surface area contributed by atoms with E-state index in [1.165, 1.54) is 6.07 Å². The van der Waals surface area contributed by atoms with Gasteiger partial charge in [0.05, 0.1) is 24.6 Å². The van der Waals surface area contributed by atoms with Gasteiger partial charge >= 0.3 is 0 Å². The molecule has 3 rings (SSSR count). The number of aliphatic hydroxyl groups is 1. The number of nitrogens with two attached hydrogens (primary N) is 2. The smallest absolute Gasteiger partial charge is 0.201 e. The van der Waals surface area contributed by atoms with Gasteiger partial charge in [0.15, 0.2) is 11.6 Å². The van der Waals surface area contributed by atoms with Crippen molar-refractivity contribution in [2.45, 2.75) is 46.8 Å². The lowest BCUT2D eigenvalue weighted by Gasteiger charge is -2.28. The number of rotatable bonds is 8. The third kappa shape index (κ3) is 5.52. The van der Waals surface area contributed by atoms with Crippen molar-refractivity contribution in [3.05, 3.63) is 65.3 Å². The van der Waals surface area contributed by atoms with E-state index < -0.39 is 23.2 Å². The maximum atomic E-state index is 14.9. The third-order valence-electron chi connectivity index (χ3n) is 5.99. The summed E-state index contributed by atoms with van der Waals surface area (Å²) in [5, 5.41) is 10.7. The fourth-order valence-electron chi connectivity index (χ4n) is 3.80. The van der Waals surface area contributed by atoms with Crippen molar-refractivity contribution in [2.75, 3.05) is 13.7 Å². The summed E-state index contributed by atoms with van der Waals surface area (Å²) in [4.78, 5) is 8.48. The second-order valence-electron chi connectivity index (χ2n) is 9.45. The molecule has 0 saturated carbocycles. The highest BCUT2D eigenvalue weighted by Gasteiger charge is 2.27. The summed E-state index contributed by atoms with van der Waals surface area (Å²) >= 11 is 0. The molecule has 0 bridgehead atoms. The highest BCUT2D eigenvalue weighted by Crippen LogP contribution is 2.35. The highest BCUT2D eigenvalue weighted by atomic mass is 19.2. The summed E-state index contributed by atoms with van der Waals surface area (Å²) in [6, 6.07) is 6.08. The summed E-state index contributed by atoms with van der Waals surface area (Å²) in [6.07, 6.45) is 2.77. The minimum atomic E-state index is -1.08. The van der Waals surface area contributed by atoms with Crippen LogP contribution < -0.4 is 16.2 Å². The summed E-state index contributed by atoms with van der Waals surface area (Å²) in [7, 11) is 1.62. The van der Waals surface area contributed by atoms with Gasteiger partial charge in [-0.25, -0.2) is 9.37 Å². The molecule has 0 aliphatic heterocycles. The Hall–Kier alpha value is -3.30. The van der Waals surface area contributed by atoms with E-state index in [2.05, 4.69) is 9.98 Å². The number of nitrogens with zero attached hydrogens (tertiary/aromatic N) is 3. The molecule has 0 spiro atoms. The molecule has 5 N–H and O–H groups in total. The fraction of sp³-hybridized carbons (Fsp3) is 0.385. The summed E-state index contributed by atoms with van der Waals surface area (Å²) in [6.45, 7) is 7.67. The second-order valence-corrected chi connectivity index (χ2v) is 9.45. The van der Waals surface area contributed by atoms with Crippen LogP contribution in [0.5, 0.6) is 5.75 Å². The van der Waals surface area contributed by atoms with Crippen LogP contribution in [0.15, 0.2) is 52.9 Å². The van der Waals surface area contributed by atoms with Gasteiger partial charge < -0.3 is 25.7 Å². The van der Waals surface area contributed by atoms with Crippen LogP contribution in [0.1, 0.15) is 39.8 Å². The van der Waals surface area contributed by atoms with E-state index in [1.807, 2.05) is 20.8 Å². The number of hydrogen-bond donors (Lipinski definition) is 3. The first-order valence-electron chi connectivity index (χ1n) is 11.4. The fourth-order valence-corrected chi connectivity index (χ4v) is 3.80. The molecular weight excluding hydrogens is 452 g/mol. The van der Waals surface area contributed by atoms with E-state index in [9.17, 15) is 13.9 Å². The van der Waals surface area contributed by atoms with Gasteiger partial charge in [-0.1, -0.05) is 20.8 Å². The zero-order valence-corrected chi connectivity index (χ0v) is 20.8. The Morgan fingerprint density at radius 2 is 1.94 bits per heavy atom. The summed E-state index contributed by atoms with van der Waals surface area (Å²) < 4.78 is 36.7. The monoisotopic (exact) mass is 485 g/mol. The lowest BCUT2D eigenvalue weighted by Crippen LogP contribution is -2.34. The standard InChI is InChI=1S/C26H33F2N5O2/c1-15(31-5)18(23(30)25(34)26(2,3)4)10-11-35-24-19(7-8-20(27)22(24)28)16-6-9-21-32-13-17(12-29)33(21)14-16/h6-9,13-14,25,34H,10-12,29-30H2,1-5H3. The zero-order chi connectivity index (χ0) is 25.9. The normalized spacial score (nSPS) is 14.3. The predicted octanol–water partition coefficient (Wildman–Crippen LogP) is 4.22. The number of ether oxygens (including phenoxy) is 1. The second kappa shape index (κ2) is 10.5. The number of fused-ring (bicyclic) bond motifs is 1. The summed E-state index contributed by atoms with van der Waals surface area (Å²) in [5.74, 6) is -2.31. The van der Waals surface area contributed by atoms with Crippen molar-refractivity contribution >= 4 is 11.4 Å². The van der Waals surface area contributed by atoms with Crippen LogP contribution in [0, 0.1) is 17.0 Å². The molecule has 0 fully saturated rings. The van der Waals surface area contributed by atoms with Crippen molar-refractivity contribution in [1.29, 1.82) is 0 Å². The van der Waals surface area contributed by atoms with Gasteiger partial charge in [-0.15, -0.1) is 0 Å². The maximum Gasteiger partial charge on any atom is 0.201 e. The van der Waals surface area contributed by atoms with E-state index in [0.717, 1.165) is 11.8 Å². The van der Waals surface area contributed by atoms with Gasteiger partial charge in [-0.3, -0.25) is 4.99 Å². The number of halogens is 2. The quantitative estimate of drug-likeness (QED) is 0.414. The topological polar surface area (TPSA) is 111 Å². The van der Waals surface area contributed by atoms with Gasteiger partial charge in [0.2, 0.25) is 5.82 Å². The third-order valence-corrected chi connectivity index (χ3v) is 5.99. The molecule has 2 heterocycles. The van der Waals surface area contributed by atoms with Crippen molar-refractivity contribution < 1.29 is 18.6 Å². The SMILES string of the molecule is CN=C(C)C(CCOc1c(-c2ccc3ncc(CN)n3c2)ccc(F)c1F)=C(N)C(O)C(C)(C)C. The molecule has 1 unspecified atom stereocenters. The Labute approximate surface area is 204 Å². The van der Waals surface area contributed by atoms with Crippen LogP contribution in [0.2, 0.25) is 0 Å². The van der Waals surface area contributed by atoms with E-state index in [4.69, 9.17) is 16.2 Å². The first-order valence-corrected chi connectivity index (χ1v) is 11.4. The number of aliphatic hydroxyl groups excluding tert-OH is 1. The van der Waals surface area contributed by atoms with E-state index in [0.29, 0.717) is 28.1 Å². The van der Waals surface area contributed by atoms with E-state index in [1.54, 1.807) is 42.9 Å². The number of hydrogen-bond acceptors (Lipinski definition) is 6. The maximum absolute atomic E-state index is 14.9. The zero-order valence-electron chi connectivity index (χ0n) is 20.8. The molecule has 0 radical (unpaired) electrons. The largest absolute Gasteiger partial charge is 0.489 e. The van der Waals surface area contributed by atoms with Gasteiger partial charge in [0.1, 0.15) is 5.65 Å². The van der Waals surface area contributed by atoms with Crippen LogP contribution in [0.3, 0.4) is 0 Å². The molecule has 2 aromatic heterocycles. The molecule has 3 aromatic rings. The molecule has 0 amide bonds. The molecule has 1 aromatic carbocycles. The number of aliphatic imine (C=N–C) groups is 1. The van der Waals surface area contributed by atoms with Crippen molar-refractivity contribution in [1.82, 2.24) is 9.38 Å². The van der Waals surface area contributed by atoms with Gasteiger partial charge in [-0.05, 0) is 42.2 Å². The van der Waals surface area contributed by atoms with Gasteiger partial charge in [0.25, 0.3) is 0 Å². The van der Waals surface area contributed by atoms with E-state index >= 15 is 0 Å². The molecule has 0 aliphatic rings. The van der Waals surface area contributed by atoms with Gasteiger partial charge in [-0.2, -0.15) is 4.39 Å². The Kier molecular flexibility index (Phi) is 7.92. The molecule has 9 heteroatoms. The molecule has 1 atom stereocenters. The van der Waals surface area contributed by atoms with Crippen LogP contribution in [-0.2, 0) is 6.54 Å². The minimum Gasteiger partial charge on any atom is -0.489 e. The molecule has 0 saturated heterocycles. The predicted molar refractivity (Wildman–Crippen MR) is 134 cm³/mol. The first kappa shape index (κ1) is 26.3. The average Bonchev–Trinajstić information content (AvgIpc) is 3.24. The average molecular weight is 486 g/mol. The Balaban J connectivity index is 1.96. The summed E-state index contributed by atoms with van der Waals surface area (Å²) in [5.41, 5.74) is 15.6. The number of benzene rings is 1. The molecule has 35 heavy (non-hydrogen) atoms. The van der Waals surface area contributed by atoms with Crippen molar-refractivity contribution in [3.63, 3.8) is 0 Å².